The van der Waals surface area contributed by atoms with Crippen molar-refractivity contribution in [1.82, 2.24) is 0 Å². The van der Waals surface area contributed by atoms with Crippen LogP contribution in [0.1, 0.15) is 44.2 Å². The van der Waals surface area contributed by atoms with E-state index in [1.165, 1.54) is 12.1 Å². The van der Waals surface area contributed by atoms with Crippen LogP contribution in [-0.4, -0.2) is 6.04 Å². The Labute approximate surface area is 113 Å². The highest BCUT2D eigenvalue weighted by Crippen LogP contribution is 2.29. The summed E-state index contributed by atoms with van der Waals surface area (Å²) in [5, 5.41) is 0. The zero-order valence-corrected chi connectivity index (χ0v) is 11.5. The Morgan fingerprint density at radius 3 is 2.21 bits per heavy atom. The van der Waals surface area contributed by atoms with Crippen molar-refractivity contribution in [2.24, 2.45) is 11.7 Å². The van der Waals surface area contributed by atoms with Crippen molar-refractivity contribution in [3.8, 4) is 0 Å². The maximum atomic E-state index is 12.4. The van der Waals surface area contributed by atoms with Crippen LogP contribution in [0.15, 0.2) is 24.3 Å². The molecule has 1 nitrogen and oxygen atoms in total. The molecule has 0 aliphatic carbocycles. The van der Waals surface area contributed by atoms with Crippen LogP contribution in [0.25, 0.3) is 0 Å². The number of benzene rings is 1. The average Bonchev–Trinajstić information content (AvgIpc) is 2.28. The second-order valence-corrected chi connectivity index (χ2v) is 5.29. The van der Waals surface area contributed by atoms with Gasteiger partial charge in [-0.1, -0.05) is 38.8 Å². The van der Waals surface area contributed by atoms with E-state index in [2.05, 4.69) is 13.8 Å². The Hall–Kier alpha value is -1.03. The number of hydrogen-bond acceptors (Lipinski definition) is 1. The third kappa shape index (κ3) is 5.64. The molecular formula is C15H22F3N. The minimum atomic E-state index is -4.27. The molecule has 0 fully saturated rings. The molecule has 0 spiro atoms. The van der Waals surface area contributed by atoms with Crippen LogP contribution < -0.4 is 5.73 Å². The Morgan fingerprint density at radius 1 is 1.16 bits per heavy atom. The van der Waals surface area contributed by atoms with E-state index in [0.29, 0.717) is 12.3 Å². The van der Waals surface area contributed by atoms with Crippen molar-refractivity contribution in [1.29, 1.82) is 0 Å². The van der Waals surface area contributed by atoms with Crippen LogP contribution in [0, 0.1) is 5.92 Å². The lowest BCUT2D eigenvalue weighted by molar-refractivity contribution is -0.137. The first-order valence-electron chi connectivity index (χ1n) is 6.74. The summed E-state index contributed by atoms with van der Waals surface area (Å²) in [5.74, 6) is 0.564. The summed E-state index contributed by atoms with van der Waals surface area (Å²) in [6, 6.07) is 5.30. The molecule has 19 heavy (non-hydrogen) atoms. The molecule has 0 heterocycles. The Bertz CT molecular complexity index is 370. The lowest BCUT2D eigenvalue weighted by atomic mass is 9.94. The van der Waals surface area contributed by atoms with Crippen molar-refractivity contribution in [2.45, 2.75) is 51.7 Å². The number of rotatable bonds is 6. The predicted molar refractivity (Wildman–Crippen MR) is 71.8 cm³/mol. The molecular weight excluding hydrogens is 251 g/mol. The molecule has 2 unspecified atom stereocenters. The largest absolute Gasteiger partial charge is 0.416 e. The van der Waals surface area contributed by atoms with Gasteiger partial charge in [0.1, 0.15) is 0 Å². The van der Waals surface area contributed by atoms with E-state index in [4.69, 9.17) is 5.73 Å². The first kappa shape index (κ1) is 16.0. The third-order valence-corrected chi connectivity index (χ3v) is 3.27. The summed E-state index contributed by atoms with van der Waals surface area (Å²) in [6.07, 6.45) is -0.452. The van der Waals surface area contributed by atoms with Gasteiger partial charge in [-0.15, -0.1) is 0 Å². The maximum Gasteiger partial charge on any atom is 0.416 e. The summed E-state index contributed by atoms with van der Waals surface area (Å²) in [7, 11) is 0. The summed E-state index contributed by atoms with van der Waals surface area (Å²) in [6.45, 7) is 4.30. The fraction of sp³-hybridized carbons (Fsp3) is 0.600. The van der Waals surface area contributed by atoms with E-state index >= 15 is 0 Å². The van der Waals surface area contributed by atoms with Gasteiger partial charge in [0.2, 0.25) is 0 Å². The molecule has 0 saturated heterocycles. The molecule has 1 aromatic rings. The molecule has 108 valence electrons. The summed E-state index contributed by atoms with van der Waals surface area (Å²) < 4.78 is 37.2. The van der Waals surface area contributed by atoms with Crippen molar-refractivity contribution < 1.29 is 13.2 Å². The molecule has 0 amide bonds. The third-order valence-electron chi connectivity index (χ3n) is 3.27. The zero-order valence-electron chi connectivity index (χ0n) is 11.5. The van der Waals surface area contributed by atoms with E-state index in [-0.39, 0.29) is 6.04 Å². The minimum Gasteiger partial charge on any atom is -0.327 e. The fourth-order valence-electron chi connectivity index (χ4n) is 2.34. The second kappa shape index (κ2) is 6.94. The molecule has 1 aromatic carbocycles. The monoisotopic (exact) mass is 273 g/mol. The Kier molecular flexibility index (Phi) is 5.85. The van der Waals surface area contributed by atoms with Gasteiger partial charge in [0, 0.05) is 6.04 Å². The number of alkyl halides is 3. The quantitative estimate of drug-likeness (QED) is 0.816. The highest BCUT2D eigenvalue weighted by Gasteiger charge is 2.29. The lowest BCUT2D eigenvalue weighted by Gasteiger charge is -2.17. The van der Waals surface area contributed by atoms with Gasteiger partial charge >= 0.3 is 6.18 Å². The average molecular weight is 273 g/mol. The van der Waals surface area contributed by atoms with Crippen molar-refractivity contribution in [3.05, 3.63) is 35.4 Å². The van der Waals surface area contributed by atoms with Gasteiger partial charge in [0.05, 0.1) is 5.56 Å². The topological polar surface area (TPSA) is 26.0 Å². The first-order valence-corrected chi connectivity index (χ1v) is 6.74. The van der Waals surface area contributed by atoms with Crippen LogP contribution in [-0.2, 0) is 12.6 Å². The molecule has 0 saturated carbocycles. The molecule has 1 rings (SSSR count). The summed E-state index contributed by atoms with van der Waals surface area (Å²) in [5.41, 5.74) is 6.30. The predicted octanol–water partition coefficient (Wildman–Crippen LogP) is 4.40. The fourth-order valence-corrected chi connectivity index (χ4v) is 2.34. The van der Waals surface area contributed by atoms with E-state index in [0.717, 1.165) is 37.0 Å². The standard InChI is InChI=1S/C15H22F3N/c1-3-4-11(2)9-14(19)10-12-5-7-13(8-6-12)15(16,17)18/h5-8,11,14H,3-4,9-10,19H2,1-2H3. The normalized spacial score (nSPS) is 15.3. The molecule has 0 aromatic heterocycles. The van der Waals surface area contributed by atoms with E-state index in [9.17, 15) is 13.2 Å². The van der Waals surface area contributed by atoms with Gasteiger partial charge in [0.15, 0.2) is 0 Å². The van der Waals surface area contributed by atoms with Gasteiger partial charge in [0.25, 0.3) is 0 Å². The summed E-state index contributed by atoms with van der Waals surface area (Å²) >= 11 is 0. The van der Waals surface area contributed by atoms with Gasteiger partial charge in [-0.25, -0.2) is 0 Å². The van der Waals surface area contributed by atoms with E-state index in [1.54, 1.807) is 0 Å². The number of hydrogen-bond donors (Lipinski definition) is 1. The molecule has 2 N–H and O–H groups in total. The highest BCUT2D eigenvalue weighted by atomic mass is 19.4. The van der Waals surface area contributed by atoms with Crippen molar-refractivity contribution in [2.75, 3.05) is 0 Å². The van der Waals surface area contributed by atoms with E-state index < -0.39 is 11.7 Å². The maximum absolute atomic E-state index is 12.4. The van der Waals surface area contributed by atoms with E-state index in [1.807, 2.05) is 0 Å². The van der Waals surface area contributed by atoms with Crippen LogP contribution in [0.2, 0.25) is 0 Å². The van der Waals surface area contributed by atoms with Gasteiger partial charge in [-0.05, 0) is 36.5 Å². The van der Waals surface area contributed by atoms with Crippen molar-refractivity contribution in [3.63, 3.8) is 0 Å². The van der Waals surface area contributed by atoms with Crippen LogP contribution >= 0.6 is 0 Å². The molecule has 0 bridgehead atoms. The highest BCUT2D eigenvalue weighted by molar-refractivity contribution is 5.25. The van der Waals surface area contributed by atoms with Gasteiger partial charge in [-0.3, -0.25) is 0 Å². The lowest BCUT2D eigenvalue weighted by Crippen LogP contribution is -2.25. The van der Waals surface area contributed by atoms with Crippen LogP contribution in [0.5, 0.6) is 0 Å². The number of nitrogens with two attached hydrogens (primary N) is 1. The molecule has 0 aliphatic heterocycles. The first-order chi connectivity index (χ1) is 8.82. The van der Waals surface area contributed by atoms with Gasteiger partial charge in [-0.2, -0.15) is 13.2 Å². The molecule has 0 radical (unpaired) electrons. The zero-order chi connectivity index (χ0) is 14.5. The van der Waals surface area contributed by atoms with Crippen LogP contribution in [0.3, 0.4) is 0 Å². The molecule has 0 aliphatic rings. The van der Waals surface area contributed by atoms with Crippen LogP contribution in [0.4, 0.5) is 13.2 Å². The second-order valence-electron chi connectivity index (χ2n) is 5.29. The smallest absolute Gasteiger partial charge is 0.327 e. The number of halogens is 3. The SMILES string of the molecule is CCCC(C)CC(N)Cc1ccc(C(F)(F)F)cc1. The van der Waals surface area contributed by atoms with Crippen molar-refractivity contribution >= 4 is 0 Å². The Balaban J connectivity index is 2.53. The summed E-state index contributed by atoms with van der Waals surface area (Å²) in [4.78, 5) is 0. The molecule has 2 atom stereocenters. The minimum absolute atomic E-state index is 0.0123. The molecule has 4 heteroatoms. The van der Waals surface area contributed by atoms with Gasteiger partial charge < -0.3 is 5.73 Å². The Morgan fingerprint density at radius 2 is 1.74 bits per heavy atom.